The third kappa shape index (κ3) is 4.18. The van der Waals surface area contributed by atoms with Crippen LogP contribution in [0.1, 0.15) is 30.6 Å². The van der Waals surface area contributed by atoms with E-state index in [2.05, 4.69) is 6.58 Å². The molecule has 0 saturated heterocycles. The highest BCUT2D eigenvalue weighted by Crippen LogP contribution is 2.30. The number of benzene rings is 1. The fraction of sp³-hybridized carbons (Fsp3) is 0.312. The summed E-state index contributed by atoms with van der Waals surface area (Å²) in [6.07, 6.45) is -0.316. The van der Waals surface area contributed by atoms with Crippen molar-refractivity contribution in [1.29, 1.82) is 0 Å². The molecule has 0 aliphatic rings. The fourth-order valence-corrected chi connectivity index (χ4v) is 1.59. The van der Waals surface area contributed by atoms with Gasteiger partial charge in [0.15, 0.2) is 23.9 Å². The first-order valence-corrected chi connectivity index (χ1v) is 6.64. The third-order valence-corrected chi connectivity index (χ3v) is 2.79. The molecule has 0 amide bonds. The lowest BCUT2D eigenvalue weighted by atomic mass is 10.2. The molecule has 6 nitrogen and oxygen atoms in total. The Bertz CT molecular complexity index is 590. The first kappa shape index (κ1) is 17.4. The summed E-state index contributed by atoms with van der Waals surface area (Å²) in [6.45, 7) is 6.59. The third-order valence-electron chi connectivity index (χ3n) is 2.79. The number of esters is 2. The molecule has 1 aromatic rings. The van der Waals surface area contributed by atoms with Gasteiger partial charge >= 0.3 is 11.9 Å². The maximum absolute atomic E-state index is 12.1. The highest BCUT2D eigenvalue weighted by Gasteiger charge is 2.25. The Hall–Kier alpha value is -2.63. The van der Waals surface area contributed by atoms with Crippen molar-refractivity contribution >= 4 is 18.2 Å². The second kappa shape index (κ2) is 7.97. The predicted molar refractivity (Wildman–Crippen MR) is 79.0 cm³/mol. The van der Waals surface area contributed by atoms with Gasteiger partial charge in [0, 0.05) is 5.57 Å². The van der Waals surface area contributed by atoms with Crippen molar-refractivity contribution in [3.05, 3.63) is 35.9 Å². The molecule has 0 aliphatic heterocycles. The van der Waals surface area contributed by atoms with E-state index >= 15 is 0 Å². The molecule has 0 aromatic heterocycles. The highest BCUT2D eigenvalue weighted by atomic mass is 16.6. The lowest BCUT2D eigenvalue weighted by Crippen LogP contribution is -2.31. The van der Waals surface area contributed by atoms with E-state index in [-0.39, 0.29) is 29.1 Å². The zero-order valence-corrected chi connectivity index (χ0v) is 12.8. The topological polar surface area (TPSA) is 78.9 Å². The molecule has 1 aromatic carbocycles. The first-order valence-electron chi connectivity index (χ1n) is 6.64. The average molecular weight is 306 g/mol. The predicted octanol–water partition coefficient (Wildman–Crippen LogP) is 2.31. The normalized spacial score (nSPS) is 11.2. The van der Waals surface area contributed by atoms with E-state index in [1.807, 2.05) is 0 Å². The summed E-state index contributed by atoms with van der Waals surface area (Å²) < 4.78 is 15.3. The zero-order chi connectivity index (χ0) is 16.7. The SMILES string of the molecule is C=C(C)C(=O)OC(CC)C(=O)Oc1c(C=O)cccc1OC. The van der Waals surface area contributed by atoms with Gasteiger partial charge in [0.05, 0.1) is 12.7 Å². The van der Waals surface area contributed by atoms with E-state index in [9.17, 15) is 14.4 Å². The number of ether oxygens (including phenoxy) is 3. The summed E-state index contributed by atoms with van der Waals surface area (Å²) >= 11 is 0. The number of para-hydroxylation sites is 1. The van der Waals surface area contributed by atoms with Crippen molar-refractivity contribution < 1.29 is 28.6 Å². The first-order chi connectivity index (χ1) is 10.4. The van der Waals surface area contributed by atoms with Crippen LogP contribution in [0.2, 0.25) is 0 Å². The standard InChI is InChI=1S/C16H18O6/c1-5-12(21-15(18)10(2)3)16(19)22-14-11(9-17)7-6-8-13(14)20-4/h6-9,12H,2,5H2,1,3-4H3. The van der Waals surface area contributed by atoms with E-state index in [1.165, 1.54) is 20.1 Å². The molecule has 6 heteroatoms. The summed E-state index contributed by atoms with van der Waals surface area (Å²) in [7, 11) is 1.39. The molecule has 0 N–H and O–H groups in total. The van der Waals surface area contributed by atoms with E-state index in [0.29, 0.717) is 6.29 Å². The second-order valence-corrected chi connectivity index (χ2v) is 4.50. The minimum atomic E-state index is -1.09. The van der Waals surface area contributed by atoms with E-state index in [0.717, 1.165) is 0 Å². The van der Waals surface area contributed by atoms with Crippen LogP contribution in [0.3, 0.4) is 0 Å². The van der Waals surface area contributed by atoms with Crippen LogP contribution in [0, 0.1) is 0 Å². The monoisotopic (exact) mass is 306 g/mol. The van der Waals surface area contributed by atoms with Gasteiger partial charge in [-0.25, -0.2) is 9.59 Å². The van der Waals surface area contributed by atoms with Crippen LogP contribution in [0.5, 0.6) is 11.5 Å². The number of aldehydes is 1. The van der Waals surface area contributed by atoms with Gasteiger partial charge in [-0.05, 0) is 25.5 Å². The highest BCUT2D eigenvalue weighted by molar-refractivity contribution is 5.90. The maximum atomic E-state index is 12.1. The summed E-state index contributed by atoms with van der Waals surface area (Å²) in [5, 5.41) is 0. The van der Waals surface area contributed by atoms with E-state index < -0.39 is 18.0 Å². The smallest absolute Gasteiger partial charge is 0.352 e. The van der Waals surface area contributed by atoms with Crippen LogP contribution >= 0.6 is 0 Å². The lowest BCUT2D eigenvalue weighted by molar-refractivity contribution is -0.159. The van der Waals surface area contributed by atoms with Gasteiger partial charge in [-0.2, -0.15) is 0 Å². The number of rotatable bonds is 7. The summed E-state index contributed by atoms with van der Waals surface area (Å²) in [5.74, 6) is -1.24. The number of carbonyl (C=O) groups excluding carboxylic acids is 3. The molecule has 22 heavy (non-hydrogen) atoms. The Morgan fingerprint density at radius 3 is 2.55 bits per heavy atom. The Balaban J connectivity index is 2.97. The second-order valence-electron chi connectivity index (χ2n) is 4.50. The Morgan fingerprint density at radius 1 is 1.36 bits per heavy atom. The number of hydrogen-bond acceptors (Lipinski definition) is 6. The van der Waals surface area contributed by atoms with Crippen molar-refractivity contribution in [2.75, 3.05) is 7.11 Å². The molecular weight excluding hydrogens is 288 g/mol. The van der Waals surface area contributed by atoms with Crippen LogP contribution in [0.25, 0.3) is 0 Å². The summed E-state index contributed by atoms with van der Waals surface area (Å²) in [5.41, 5.74) is 0.339. The number of hydrogen-bond donors (Lipinski definition) is 0. The van der Waals surface area contributed by atoms with Crippen LogP contribution in [-0.4, -0.2) is 31.4 Å². The van der Waals surface area contributed by atoms with Gasteiger partial charge in [0.2, 0.25) is 0 Å². The lowest BCUT2D eigenvalue weighted by Gasteiger charge is -2.17. The summed E-state index contributed by atoms with van der Waals surface area (Å²) in [6, 6.07) is 4.63. The molecule has 0 radical (unpaired) electrons. The van der Waals surface area contributed by atoms with E-state index in [1.54, 1.807) is 19.1 Å². The van der Waals surface area contributed by atoms with Crippen molar-refractivity contribution in [3.63, 3.8) is 0 Å². The van der Waals surface area contributed by atoms with Crippen molar-refractivity contribution in [2.45, 2.75) is 26.4 Å². The van der Waals surface area contributed by atoms with Gasteiger partial charge in [0.25, 0.3) is 0 Å². The molecule has 1 unspecified atom stereocenters. The van der Waals surface area contributed by atoms with Crippen LogP contribution < -0.4 is 9.47 Å². The van der Waals surface area contributed by atoms with Crippen LogP contribution in [-0.2, 0) is 14.3 Å². The van der Waals surface area contributed by atoms with Gasteiger partial charge in [-0.1, -0.05) is 19.6 Å². The number of methoxy groups -OCH3 is 1. The van der Waals surface area contributed by atoms with Gasteiger partial charge in [-0.15, -0.1) is 0 Å². The summed E-state index contributed by atoms with van der Waals surface area (Å²) in [4.78, 5) is 34.7. The van der Waals surface area contributed by atoms with Crippen LogP contribution in [0.4, 0.5) is 0 Å². The molecule has 0 bridgehead atoms. The van der Waals surface area contributed by atoms with Gasteiger partial charge in [-0.3, -0.25) is 4.79 Å². The quantitative estimate of drug-likeness (QED) is 0.333. The molecule has 1 atom stereocenters. The van der Waals surface area contributed by atoms with Gasteiger partial charge < -0.3 is 14.2 Å². The number of carbonyl (C=O) groups is 3. The minimum Gasteiger partial charge on any atom is -0.493 e. The van der Waals surface area contributed by atoms with E-state index in [4.69, 9.17) is 14.2 Å². The van der Waals surface area contributed by atoms with Gasteiger partial charge in [0.1, 0.15) is 0 Å². The molecule has 118 valence electrons. The largest absolute Gasteiger partial charge is 0.493 e. The fourth-order valence-electron chi connectivity index (χ4n) is 1.59. The zero-order valence-electron chi connectivity index (χ0n) is 12.8. The van der Waals surface area contributed by atoms with Crippen molar-refractivity contribution in [1.82, 2.24) is 0 Å². The molecule has 0 spiro atoms. The molecule has 0 aliphatic carbocycles. The molecule has 0 heterocycles. The van der Waals surface area contributed by atoms with Crippen molar-refractivity contribution in [2.24, 2.45) is 0 Å². The van der Waals surface area contributed by atoms with Crippen LogP contribution in [0.15, 0.2) is 30.4 Å². The minimum absolute atomic E-state index is 0.00479. The Morgan fingerprint density at radius 2 is 2.05 bits per heavy atom. The Labute approximate surface area is 128 Å². The average Bonchev–Trinajstić information content (AvgIpc) is 2.51. The molecular formula is C16H18O6. The Kier molecular flexibility index (Phi) is 6.31. The van der Waals surface area contributed by atoms with Crippen molar-refractivity contribution in [3.8, 4) is 11.5 Å². The molecule has 1 rings (SSSR count). The molecule has 0 fully saturated rings. The maximum Gasteiger partial charge on any atom is 0.352 e. The molecule has 0 saturated carbocycles.